The smallest absolute Gasteiger partial charge is 0.305 e. The number of hydrogen-bond donors (Lipinski definition) is 0. The highest BCUT2D eigenvalue weighted by atomic mass is 16.5. The normalized spacial score (nSPS) is 19.2. The van der Waals surface area contributed by atoms with Crippen molar-refractivity contribution in [1.82, 2.24) is 0 Å². The molecule has 2 heterocycles. The number of carbonyl (C=O) groups is 1. The summed E-state index contributed by atoms with van der Waals surface area (Å²) in [6.07, 6.45) is 2.18. The summed E-state index contributed by atoms with van der Waals surface area (Å²) in [5.74, 6) is 0.836. The predicted octanol–water partition coefficient (Wildman–Crippen LogP) is 1.84. The van der Waals surface area contributed by atoms with Crippen LogP contribution in [0.25, 0.3) is 0 Å². The molecule has 102 valence electrons. The van der Waals surface area contributed by atoms with Crippen LogP contribution in [-0.2, 0) is 26.1 Å². The van der Waals surface area contributed by atoms with E-state index in [1.54, 1.807) is 0 Å². The van der Waals surface area contributed by atoms with Gasteiger partial charge in [-0.3, -0.25) is 4.79 Å². The number of rotatable bonds is 4. The Bertz CT molecular complexity index is 491. The van der Waals surface area contributed by atoms with Gasteiger partial charge >= 0.3 is 5.97 Å². The molecule has 0 bridgehead atoms. The van der Waals surface area contributed by atoms with Crippen molar-refractivity contribution in [2.45, 2.75) is 24.7 Å². The molecule has 1 aromatic carbocycles. The third kappa shape index (κ3) is 2.21. The van der Waals surface area contributed by atoms with Gasteiger partial charge in [0.1, 0.15) is 5.75 Å². The number of carbonyl (C=O) groups excluding carboxylic acids is 1. The molecule has 0 aromatic heterocycles. The van der Waals surface area contributed by atoms with Crippen LogP contribution in [-0.4, -0.2) is 32.9 Å². The molecule has 2 aliphatic heterocycles. The minimum atomic E-state index is -0.157. The molecule has 1 fully saturated rings. The zero-order valence-electron chi connectivity index (χ0n) is 11.1. The van der Waals surface area contributed by atoms with Crippen molar-refractivity contribution in [3.63, 3.8) is 0 Å². The molecular formula is C15H18O4. The maximum Gasteiger partial charge on any atom is 0.305 e. The zero-order valence-corrected chi connectivity index (χ0v) is 11.1. The first-order valence-electron chi connectivity index (χ1n) is 6.64. The van der Waals surface area contributed by atoms with Gasteiger partial charge in [0.05, 0.1) is 26.9 Å². The van der Waals surface area contributed by atoms with E-state index in [0.29, 0.717) is 19.6 Å². The lowest BCUT2D eigenvalue weighted by atomic mass is 9.74. The van der Waals surface area contributed by atoms with Crippen molar-refractivity contribution in [1.29, 1.82) is 0 Å². The lowest BCUT2D eigenvalue weighted by molar-refractivity contribution is -0.142. The number of fused-ring (bicyclic) bond motifs is 1. The molecule has 0 radical (unpaired) electrons. The van der Waals surface area contributed by atoms with Crippen molar-refractivity contribution in [3.8, 4) is 5.75 Å². The molecule has 0 saturated carbocycles. The van der Waals surface area contributed by atoms with E-state index in [4.69, 9.17) is 14.2 Å². The fourth-order valence-corrected chi connectivity index (χ4v) is 2.76. The minimum Gasteiger partial charge on any atom is -0.493 e. The minimum absolute atomic E-state index is 0.0220. The molecule has 0 atom stereocenters. The van der Waals surface area contributed by atoms with Crippen LogP contribution in [0.15, 0.2) is 18.2 Å². The second-order valence-electron chi connectivity index (χ2n) is 5.27. The fraction of sp³-hybridized carbons (Fsp3) is 0.533. The van der Waals surface area contributed by atoms with Crippen LogP contribution in [0.3, 0.4) is 0 Å². The predicted molar refractivity (Wildman–Crippen MR) is 69.4 cm³/mol. The molecule has 1 aromatic rings. The van der Waals surface area contributed by atoms with Crippen molar-refractivity contribution in [2.75, 3.05) is 26.9 Å². The van der Waals surface area contributed by atoms with E-state index >= 15 is 0 Å². The van der Waals surface area contributed by atoms with Crippen LogP contribution in [0.4, 0.5) is 0 Å². The van der Waals surface area contributed by atoms with Crippen LogP contribution >= 0.6 is 0 Å². The van der Waals surface area contributed by atoms with Crippen LogP contribution in [0.1, 0.15) is 24.0 Å². The average Bonchev–Trinajstić information content (AvgIpc) is 2.84. The van der Waals surface area contributed by atoms with E-state index in [9.17, 15) is 4.79 Å². The molecule has 19 heavy (non-hydrogen) atoms. The maximum absolute atomic E-state index is 11.3. The van der Waals surface area contributed by atoms with Crippen molar-refractivity contribution >= 4 is 5.97 Å². The van der Waals surface area contributed by atoms with Gasteiger partial charge in [0.2, 0.25) is 0 Å². The molecule has 0 aliphatic carbocycles. The summed E-state index contributed by atoms with van der Waals surface area (Å²) in [5.41, 5.74) is 2.50. The molecule has 3 rings (SSSR count). The summed E-state index contributed by atoms with van der Waals surface area (Å²) in [7, 11) is 1.43. The van der Waals surface area contributed by atoms with Gasteiger partial charge in [-0.2, -0.15) is 0 Å². The fourth-order valence-electron chi connectivity index (χ4n) is 2.76. The molecule has 4 nitrogen and oxygen atoms in total. The lowest BCUT2D eigenvalue weighted by Crippen LogP contribution is -2.47. The monoisotopic (exact) mass is 262 g/mol. The third-order valence-electron chi connectivity index (χ3n) is 4.09. The topological polar surface area (TPSA) is 44.8 Å². The highest BCUT2D eigenvalue weighted by Crippen LogP contribution is 2.39. The lowest BCUT2D eigenvalue weighted by Gasteiger charge is -2.42. The van der Waals surface area contributed by atoms with Gasteiger partial charge in [-0.25, -0.2) is 0 Å². The molecule has 4 heteroatoms. The van der Waals surface area contributed by atoms with Gasteiger partial charge in [0, 0.05) is 18.3 Å². The van der Waals surface area contributed by atoms with Crippen LogP contribution < -0.4 is 4.74 Å². The first-order valence-corrected chi connectivity index (χ1v) is 6.64. The van der Waals surface area contributed by atoms with Gasteiger partial charge < -0.3 is 14.2 Å². The van der Waals surface area contributed by atoms with E-state index in [1.807, 2.05) is 6.07 Å². The van der Waals surface area contributed by atoms with E-state index in [1.165, 1.54) is 18.2 Å². The summed E-state index contributed by atoms with van der Waals surface area (Å²) < 4.78 is 15.6. The van der Waals surface area contributed by atoms with E-state index < -0.39 is 0 Å². The first-order chi connectivity index (χ1) is 9.23. The van der Waals surface area contributed by atoms with Gasteiger partial charge in [-0.05, 0) is 23.6 Å². The van der Waals surface area contributed by atoms with Crippen LogP contribution in [0.2, 0.25) is 0 Å². The summed E-state index contributed by atoms with van der Waals surface area (Å²) in [5, 5.41) is 0. The number of ether oxygens (including phenoxy) is 3. The Labute approximate surface area is 112 Å². The molecule has 2 aliphatic rings. The highest BCUT2D eigenvalue weighted by molar-refractivity contribution is 5.69. The second kappa shape index (κ2) is 4.85. The van der Waals surface area contributed by atoms with Gasteiger partial charge in [0.25, 0.3) is 0 Å². The molecule has 0 spiro atoms. The van der Waals surface area contributed by atoms with E-state index in [0.717, 1.165) is 25.2 Å². The second-order valence-corrected chi connectivity index (χ2v) is 5.27. The Hall–Kier alpha value is -1.55. The number of methoxy groups -OCH3 is 1. The molecule has 0 amide bonds. The third-order valence-corrected chi connectivity index (χ3v) is 4.09. The van der Waals surface area contributed by atoms with E-state index in [-0.39, 0.29) is 11.4 Å². The summed E-state index contributed by atoms with van der Waals surface area (Å²) in [6, 6.07) is 6.35. The average molecular weight is 262 g/mol. The Morgan fingerprint density at radius 1 is 1.42 bits per heavy atom. The SMILES string of the molecule is COC(=O)CCC1(c2ccc3c(c2)CCO3)COC1. The summed E-state index contributed by atoms with van der Waals surface area (Å²) >= 11 is 0. The Morgan fingerprint density at radius 2 is 2.26 bits per heavy atom. The van der Waals surface area contributed by atoms with Crippen molar-refractivity contribution in [2.24, 2.45) is 0 Å². The van der Waals surface area contributed by atoms with Crippen molar-refractivity contribution < 1.29 is 19.0 Å². The zero-order chi connectivity index (χ0) is 13.3. The maximum atomic E-state index is 11.3. The number of hydrogen-bond acceptors (Lipinski definition) is 4. The molecular weight excluding hydrogens is 244 g/mol. The Kier molecular flexibility index (Phi) is 3.19. The number of benzene rings is 1. The standard InChI is InChI=1S/C15H18O4/c1-17-14(16)4-6-15(9-18-10-15)12-2-3-13-11(8-12)5-7-19-13/h2-3,8H,4-7,9-10H2,1H3. The van der Waals surface area contributed by atoms with Gasteiger partial charge in [-0.15, -0.1) is 0 Å². The Balaban J connectivity index is 1.79. The van der Waals surface area contributed by atoms with E-state index in [2.05, 4.69) is 12.1 Å². The van der Waals surface area contributed by atoms with Gasteiger partial charge in [0.15, 0.2) is 0 Å². The first kappa shape index (κ1) is 12.5. The van der Waals surface area contributed by atoms with Gasteiger partial charge in [-0.1, -0.05) is 12.1 Å². The largest absolute Gasteiger partial charge is 0.493 e. The Morgan fingerprint density at radius 3 is 2.95 bits per heavy atom. The van der Waals surface area contributed by atoms with Crippen LogP contribution in [0, 0.1) is 0 Å². The molecule has 1 saturated heterocycles. The van der Waals surface area contributed by atoms with Crippen molar-refractivity contribution in [3.05, 3.63) is 29.3 Å². The highest BCUT2D eigenvalue weighted by Gasteiger charge is 2.41. The summed E-state index contributed by atoms with van der Waals surface area (Å²) in [6.45, 7) is 2.14. The van der Waals surface area contributed by atoms with Crippen LogP contribution in [0.5, 0.6) is 5.75 Å². The quantitative estimate of drug-likeness (QED) is 0.777. The molecule has 0 N–H and O–H groups in total. The number of esters is 1. The summed E-state index contributed by atoms with van der Waals surface area (Å²) in [4.78, 5) is 11.3. The molecule has 0 unspecified atom stereocenters.